The highest BCUT2D eigenvalue weighted by atomic mass is 16.5. The topological polar surface area (TPSA) is 314 Å². The molecule has 0 spiro atoms. The quantitative estimate of drug-likeness (QED) is 0.0380. The molecule has 0 aromatic rings. The van der Waals surface area contributed by atoms with Crippen LogP contribution >= 0.6 is 0 Å². The lowest BCUT2D eigenvalue weighted by atomic mass is 9.91. The Morgan fingerprint density at radius 1 is 0.483 bits per heavy atom. The lowest BCUT2D eigenvalue weighted by Gasteiger charge is -2.42. The van der Waals surface area contributed by atoms with Crippen LogP contribution < -0.4 is 26.6 Å². The van der Waals surface area contributed by atoms with Crippen LogP contribution in [-0.2, 0) is 62.3 Å². The molecule has 0 aliphatic rings. The molecule has 0 aromatic heterocycles. The number of carbonyl (C=O) groups is 12. The number of nitrogens with one attached hydrogen (secondary N) is 5. The van der Waals surface area contributed by atoms with Gasteiger partial charge in [-0.3, -0.25) is 57.5 Å². The van der Waals surface area contributed by atoms with Gasteiger partial charge in [-0.15, -0.1) is 0 Å². The molecule has 510 valence electrons. The van der Waals surface area contributed by atoms with Crippen molar-refractivity contribution >= 4 is 71.0 Å². The maximum atomic E-state index is 15.2. The summed E-state index contributed by atoms with van der Waals surface area (Å²) in [6.07, 6.45) is 3.66. The molecule has 0 radical (unpaired) electrons. The number of aliphatic carboxylic acids is 1. The first-order valence-electron chi connectivity index (χ1n) is 31.5. The molecule has 0 aromatic carbocycles. The first kappa shape index (κ1) is 82.3. The summed E-state index contributed by atoms with van der Waals surface area (Å²) in [5, 5.41) is 23.3. The summed E-state index contributed by atoms with van der Waals surface area (Å²) >= 11 is 0. The molecule has 0 aliphatic carbocycles. The molecule has 89 heavy (non-hydrogen) atoms. The third-order valence-electron chi connectivity index (χ3n) is 16.1. The number of amides is 10. The van der Waals surface area contributed by atoms with E-state index in [2.05, 4.69) is 26.6 Å². The predicted octanol–water partition coefficient (Wildman–Crippen LogP) is 3.67. The van der Waals surface area contributed by atoms with E-state index in [4.69, 9.17) is 4.74 Å². The van der Waals surface area contributed by atoms with Crippen molar-refractivity contribution < 1.29 is 67.4 Å². The lowest BCUT2D eigenvalue weighted by Crippen LogP contribution is -2.64. The fourth-order valence-corrected chi connectivity index (χ4v) is 10.7. The fraction of sp³-hybridized carbons (Fsp3) is 0.781. The Bertz CT molecular complexity index is 2420. The van der Waals surface area contributed by atoms with Gasteiger partial charge < -0.3 is 65.8 Å². The summed E-state index contributed by atoms with van der Waals surface area (Å²) in [4.78, 5) is 175. The molecule has 0 bridgehead atoms. The first-order chi connectivity index (χ1) is 41.1. The summed E-state index contributed by atoms with van der Waals surface area (Å²) in [5.41, 5.74) is 0. The van der Waals surface area contributed by atoms with E-state index in [9.17, 15) is 48.3 Å². The van der Waals surface area contributed by atoms with Crippen molar-refractivity contribution in [3.05, 3.63) is 12.2 Å². The Hall–Kier alpha value is -6.66. The third kappa shape index (κ3) is 25.3. The monoisotopic (exact) mass is 1260 g/mol. The minimum absolute atomic E-state index is 0.0318. The van der Waals surface area contributed by atoms with E-state index in [1.54, 1.807) is 67.7 Å². The van der Waals surface area contributed by atoms with Crippen molar-refractivity contribution in [3.63, 3.8) is 0 Å². The molecule has 12 atom stereocenters. The van der Waals surface area contributed by atoms with Gasteiger partial charge in [0.2, 0.25) is 59.1 Å². The Morgan fingerprint density at radius 3 is 1.38 bits per heavy atom. The van der Waals surface area contributed by atoms with Crippen LogP contribution in [0, 0.1) is 41.4 Å². The van der Waals surface area contributed by atoms with Gasteiger partial charge in [0.15, 0.2) is 0 Å². The molecule has 0 aliphatic heterocycles. The second kappa shape index (κ2) is 38.8. The van der Waals surface area contributed by atoms with Crippen LogP contribution in [0.5, 0.6) is 0 Å². The van der Waals surface area contributed by atoms with Gasteiger partial charge >= 0.3 is 11.9 Å². The maximum absolute atomic E-state index is 15.2. The molecular weight excluding hydrogens is 1150 g/mol. The second-order valence-electron chi connectivity index (χ2n) is 26.3. The highest BCUT2D eigenvalue weighted by molar-refractivity contribution is 5.99. The standard InChI is InChI=1S/C64H115N11O14/c1-26-28-29-41(15)54(89-44(18)76)53(58(82)68-45(27-2)60(84)70(20)34-49(77)78)75(25)64(88)52(40(13)14)74(24)62(86)48(33-37(7)8)73(23)61(85)47(32-36(5)6)72(22)59(83)43(17)67-55(79)42(16)66-56(80)46(31-30-35(3)4)71(21)63(87)51(39(11)12)69-57(81)50(65-19)38(9)10/h26,28,35-43,45-48,50-54,65H,27,29-34H2,1-25H3,(H,66,80)(H,67,79)(H,68,82)(H,69,81)(H,77,78)/b28-26+/t41-,42-,43+,45+,46+,47+,48+,50+,51+,52+,53+,54-/m1/s1. The van der Waals surface area contributed by atoms with Gasteiger partial charge in [-0.05, 0) is 108 Å². The SMILES string of the molecule is C/C=C/C[C@@H](C)[C@@H](OC(C)=O)[C@@H](C(=O)N[C@@H](CC)C(=O)N(C)CC(=O)O)N(C)C(=O)[C@H](C(C)C)N(C)C(=O)[C@H](CC(C)C)N(C)C(=O)[C@H](CC(C)C)N(C)C(=O)[C@H](C)NC(=O)[C@@H](C)NC(=O)[C@H](CCC(C)C)N(C)C(=O)[C@@H](NC(=O)[C@@H](NC)C(C)C)C(C)C. The first-order valence-corrected chi connectivity index (χ1v) is 31.5. The van der Waals surface area contributed by atoms with Crippen molar-refractivity contribution in [2.45, 2.75) is 230 Å². The average molecular weight is 1260 g/mol. The minimum atomic E-state index is -1.58. The molecule has 0 saturated carbocycles. The number of carboxylic acids is 1. The number of carboxylic acid groups (broad SMARTS) is 1. The molecule has 0 saturated heterocycles. The molecule has 25 heteroatoms. The van der Waals surface area contributed by atoms with Crippen LogP contribution in [0.3, 0.4) is 0 Å². The van der Waals surface area contributed by atoms with Crippen molar-refractivity contribution in [1.29, 1.82) is 0 Å². The number of hydrogen-bond acceptors (Lipinski definition) is 14. The van der Waals surface area contributed by atoms with E-state index in [-0.39, 0.29) is 61.2 Å². The number of ether oxygens (including phenoxy) is 1. The summed E-state index contributed by atoms with van der Waals surface area (Å²) in [7, 11) is 10.0. The Labute approximate surface area is 531 Å². The third-order valence-corrected chi connectivity index (χ3v) is 16.1. The van der Waals surface area contributed by atoms with Crippen LogP contribution in [0.25, 0.3) is 0 Å². The molecule has 10 amide bonds. The highest BCUT2D eigenvalue weighted by Gasteiger charge is 2.46. The average Bonchev–Trinajstić information content (AvgIpc) is 3.29. The number of rotatable bonds is 38. The van der Waals surface area contributed by atoms with Crippen molar-refractivity contribution in [2.75, 3.05) is 55.9 Å². The zero-order chi connectivity index (χ0) is 69.4. The summed E-state index contributed by atoms with van der Waals surface area (Å²) < 4.78 is 5.83. The van der Waals surface area contributed by atoms with Crippen molar-refractivity contribution in [1.82, 2.24) is 56.0 Å². The van der Waals surface area contributed by atoms with Gasteiger partial charge in [-0.1, -0.05) is 109 Å². The zero-order valence-corrected chi connectivity index (χ0v) is 58.4. The van der Waals surface area contributed by atoms with Crippen molar-refractivity contribution in [3.8, 4) is 0 Å². The number of esters is 1. The van der Waals surface area contributed by atoms with Gasteiger partial charge in [-0.2, -0.15) is 0 Å². The number of nitrogens with zero attached hydrogens (tertiary/aromatic N) is 6. The normalized spacial score (nSPS) is 15.8. The summed E-state index contributed by atoms with van der Waals surface area (Å²) in [5.74, 6) is -10.3. The van der Waals surface area contributed by atoms with Gasteiger partial charge in [0.1, 0.15) is 67.0 Å². The van der Waals surface area contributed by atoms with E-state index in [0.29, 0.717) is 12.8 Å². The Balaban J connectivity index is 7.20. The number of hydrogen-bond donors (Lipinski definition) is 6. The second-order valence-corrected chi connectivity index (χ2v) is 26.3. The number of likely N-dealkylation sites (N-methyl/N-ethyl adjacent to an activating group) is 7. The van der Waals surface area contributed by atoms with Crippen LogP contribution in [-0.4, -0.2) is 228 Å². The minimum Gasteiger partial charge on any atom is -0.480 e. The van der Waals surface area contributed by atoms with Crippen LogP contribution in [0.15, 0.2) is 12.2 Å². The zero-order valence-electron chi connectivity index (χ0n) is 58.4. The molecule has 6 N–H and O–H groups in total. The molecular formula is C64H115N11O14. The van der Waals surface area contributed by atoms with Crippen LogP contribution in [0.2, 0.25) is 0 Å². The highest BCUT2D eigenvalue weighted by Crippen LogP contribution is 2.27. The van der Waals surface area contributed by atoms with Crippen LogP contribution in [0.4, 0.5) is 0 Å². The van der Waals surface area contributed by atoms with E-state index in [0.717, 1.165) is 16.7 Å². The smallest absolute Gasteiger partial charge is 0.323 e. The van der Waals surface area contributed by atoms with E-state index >= 15 is 14.4 Å². The van der Waals surface area contributed by atoms with Crippen molar-refractivity contribution in [2.24, 2.45) is 41.4 Å². The van der Waals surface area contributed by atoms with Gasteiger partial charge in [-0.25, -0.2) is 0 Å². The number of carbonyl (C=O) groups excluding carboxylic acids is 11. The molecule has 0 rings (SSSR count). The number of allylic oxidation sites excluding steroid dienone is 2. The van der Waals surface area contributed by atoms with Gasteiger partial charge in [0.25, 0.3) is 0 Å². The summed E-state index contributed by atoms with van der Waals surface area (Å²) in [6, 6.07) is -11.5. The largest absolute Gasteiger partial charge is 0.480 e. The van der Waals surface area contributed by atoms with Gasteiger partial charge in [0, 0.05) is 49.2 Å². The maximum Gasteiger partial charge on any atom is 0.323 e. The van der Waals surface area contributed by atoms with Gasteiger partial charge in [0.05, 0.1) is 6.04 Å². The summed E-state index contributed by atoms with van der Waals surface area (Å²) in [6.45, 7) is 30.6. The van der Waals surface area contributed by atoms with E-state index in [1.807, 2.05) is 55.4 Å². The molecule has 0 fully saturated rings. The van der Waals surface area contributed by atoms with E-state index < -0.39 is 150 Å². The molecule has 0 unspecified atom stereocenters. The predicted molar refractivity (Wildman–Crippen MR) is 342 cm³/mol. The Morgan fingerprint density at radius 2 is 0.955 bits per heavy atom. The lowest BCUT2D eigenvalue weighted by molar-refractivity contribution is -0.164. The van der Waals surface area contributed by atoms with E-state index in [1.165, 1.54) is 75.7 Å². The fourth-order valence-electron chi connectivity index (χ4n) is 10.7. The Kier molecular flexibility index (Phi) is 35.9. The molecule has 25 nitrogen and oxygen atoms in total. The van der Waals surface area contributed by atoms with Crippen LogP contribution in [0.1, 0.15) is 163 Å². The molecule has 0 heterocycles.